The van der Waals surface area contributed by atoms with Crippen molar-refractivity contribution in [3.63, 3.8) is 0 Å². The Morgan fingerprint density at radius 3 is 2.74 bits per heavy atom. The summed E-state index contributed by atoms with van der Waals surface area (Å²) in [5.41, 5.74) is 2.30. The summed E-state index contributed by atoms with van der Waals surface area (Å²) in [7, 11) is 0. The number of carbonyl (C=O) groups excluding carboxylic acids is 1. The largest absolute Gasteiger partial charge is 0.486 e. The van der Waals surface area contributed by atoms with Gasteiger partial charge in [0.15, 0.2) is 16.7 Å². The van der Waals surface area contributed by atoms with Crippen molar-refractivity contribution in [2.75, 3.05) is 24.3 Å². The topological polar surface area (TPSA) is 82.5 Å². The van der Waals surface area contributed by atoms with Crippen LogP contribution >= 0.6 is 34.7 Å². The average Bonchev–Trinajstić information content (AvgIpc) is 3.45. The van der Waals surface area contributed by atoms with Gasteiger partial charge in [0.25, 0.3) is 5.56 Å². The highest BCUT2D eigenvalue weighted by molar-refractivity contribution is 7.99. The Labute approximate surface area is 214 Å². The maximum atomic E-state index is 13.7. The van der Waals surface area contributed by atoms with E-state index in [2.05, 4.69) is 5.32 Å². The summed E-state index contributed by atoms with van der Waals surface area (Å²) in [4.78, 5) is 33.3. The second-order valence-electron chi connectivity index (χ2n) is 8.24. The van der Waals surface area contributed by atoms with E-state index in [0.29, 0.717) is 51.7 Å². The van der Waals surface area contributed by atoms with Crippen molar-refractivity contribution >= 4 is 56.5 Å². The predicted molar refractivity (Wildman–Crippen MR) is 139 cm³/mol. The van der Waals surface area contributed by atoms with E-state index < -0.39 is 0 Å². The van der Waals surface area contributed by atoms with Crippen LogP contribution in [-0.4, -0.2) is 34.4 Å². The number of halogens is 1. The van der Waals surface area contributed by atoms with Crippen LogP contribution in [0.15, 0.2) is 52.4 Å². The van der Waals surface area contributed by atoms with Gasteiger partial charge in [0, 0.05) is 21.7 Å². The van der Waals surface area contributed by atoms with E-state index in [4.69, 9.17) is 26.1 Å². The lowest BCUT2D eigenvalue weighted by Gasteiger charge is -2.19. The molecule has 10 heteroatoms. The molecule has 1 N–H and O–H groups in total. The number of fused-ring (bicyclic) bond motifs is 4. The second kappa shape index (κ2) is 9.22. The van der Waals surface area contributed by atoms with Crippen molar-refractivity contribution in [3.8, 4) is 17.2 Å². The number of benzene rings is 2. The lowest BCUT2D eigenvalue weighted by molar-refractivity contribution is -0.113. The number of carbonyl (C=O) groups is 1. The van der Waals surface area contributed by atoms with Gasteiger partial charge in [-0.2, -0.15) is 0 Å². The minimum absolute atomic E-state index is 0.0884. The molecule has 2 aliphatic rings. The van der Waals surface area contributed by atoms with Crippen LogP contribution in [0, 0.1) is 0 Å². The molecule has 3 heterocycles. The van der Waals surface area contributed by atoms with E-state index in [-0.39, 0.29) is 17.2 Å². The summed E-state index contributed by atoms with van der Waals surface area (Å²) in [6.45, 7) is 0.984. The Bertz CT molecular complexity index is 1510. The Hall–Kier alpha value is -3.01. The second-order valence-corrected chi connectivity index (χ2v) is 10.7. The third-order valence-corrected chi connectivity index (χ3v) is 8.33. The van der Waals surface area contributed by atoms with Crippen molar-refractivity contribution in [2.45, 2.75) is 24.4 Å². The molecule has 7 nitrogen and oxygen atoms in total. The van der Waals surface area contributed by atoms with Gasteiger partial charge in [0.05, 0.1) is 16.8 Å². The number of ether oxygens (including phenoxy) is 2. The van der Waals surface area contributed by atoms with Crippen LogP contribution < -0.4 is 20.3 Å². The molecule has 1 amide bonds. The summed E-state index contributed by atoms with van der Waals surface area (Å²) in [5.74, 6) is 1.15. The Kier molecular flexibility index (Phi) is 5.91. The van der Waals surface area contributed by atoms with Gasteiger partial charge >= 0.3 is 0 Å². The fourth-order valence-electron chi connectivity index (χ4n) is 4.39. The summed E-state index contributed by atoms with van der Waals surface area (Å²) in [6, 6.07) is 12.4. The number of nitrogens with zero attached hydrogens (tertiary/aromatic N) is 2. The van der Waals surface area contributed by atoms with Gasteiger partial charge in [0.1, 0.15) is 18.0 Å². The molecule has 178 valence electrons. The van der Waals surface area contributed by atoms with Crippen molar-refractivity contribution in [1.29, 1.82) is 0 Å². The Morgan fingerprint density at radius 1 is 1.11 bits per heavy atom. The number of nitrogens with one attached hydrogen (secondary N) is 1. The molecule has 1 aliphatic heterocycles. The molecular formula is C25H20ClN3O4S2. The predicted octanol–water partition coefficient (Wildman–Crippen LogP) is 5.09. The number of aromatic nitrogens is 2. The third kappa shape index (κ3) is 4.28. The smallest absolute Gasteiger partial charge is 0.267 e. The van der Waals surface area contributed by atoms with Crippen molar-refractivity contribution in [2.24, 2.45) is 0 Å². The third-order valence-electron chi connectivity index (χ3n) is 5.95. The minimum atomic E-state index is -0.211. The first-order valence-electron chi connectivity index (χ1n) is 11.2. The number of aryl methyl sites for hydroxylation is 2. The van der Waals surface area contributed by atoms with Gasteiger partial charge in [-0.1, -0.05) is 23.4 Å². The van der Waals surface area contributed by atoms with Crippen molar-refractivity contribution < 1.29 is 14.3 Å². The normalized spacial score (nSPS) is 14.2. The summed E-state index contributed by atoms with van der Waals surface area (Å²) < 4.78 is 12.7. The number of anilines is 1. The van der Waals surface area contributed by atoms with Gasteiger partial charge in [0.2, 0.25) is 5.91 Å². The molecule has 0 radical (unpaired) electrons. The Morgan fingerprint density at radius 2 is 1.91 bits per heavy atom. The van der Waals surface area contributed by atoms with E-state index in [1.807, 2.05) is 0 Å². The van der Waals surface area contributed by atoms with Crippen LogP contribution in [0.1, 0.15) is 16.9 Å². The van der Waals surface area contributed by atoms with Crippen LogP contribution in [0.25, 0.3) is 15.9 Å². The lowest BCUT2D eigenvalue weighted by atomic mass is 10.2. The highest BCUT2D eigenvalue weighted by Crippen LogP contribution is 2.36. The number of amides is 1. The molecule has 0 spiro atoms. The van der Waals surface area contributed by atoms with Crippen molar-refractivity contribution in [3.05, 3.63) is 68.3 Å². The number of hydrogen-bond donors (Lipinski definition) is 1. The highest BCUT2D eigenvalue weighted by Gasteiger charge is 2.24. The molecule has 1 aliphatic carbocycles. The van der Waals surface area contributed by atoms with E-state index >= 15 is 0 Å². The van der Waals surface area contributed by atoms with E-state index in [1.54, 1.807) is 58.4 Å². The fourth-order valence-corrected chi connectivity index (χ4v) is 6.63. The van der Waals surface area contributed by atoms with Crippen molar-refractivity contribution in [1.82, 2.24) is 9.55 Å². The highest BCUT2D eigenvalue weighted by atomic mass is 35.5. The molecule has 0 fully saturated rings. The summed E-state index contributed by atoms with van der Waals surface area (Å²) in [6.07, 6.45) is 2.95. The first kappa shape index (κ1) is 22.5. The minimum Gasteiger partial charge on any atom is -0.486 e. The number of thioether (sulfide) groups is 1. The van der Waals surface area contributed by atoms with Gasteiger partial charge in [-0.3, -0.25) is 14.2 Å². The Balaban J connectivity index is 1.30. The van der Waals surface area contributed by atoms with E-state index in [0.717, 1.165) is 29.7 Å². The standard InChI is InChI=1S/C25H20ClN3O4S2/c26-14-4-7-16(8-5-14)29-24(31)22-17-2-1-3-20(17)35-23(22)28-25(29)34-13-21(30)27-15-6-9-18-19(12-15)33-11-10-32-18/h4-9,12H,1-3,10-11,13H2,(H,27,30). The van der Waals surface area contributed by atoms with Crippen LogP contribution in [0.5, 0.6) is 11.5 Å². The monoisotopic (exact) mass is 525 g/mol. The zero-order valence-electron chi connectivity index (χ0n) is 18.5. The molecule has 6 rings (SSSR count). The molecule has 0 saturated carbocycles. The average molecular weight is 526 g/mol. The molecular weight excluding hydrogens is 506 g/mol. The molecule has 0 bridgehead atoms. The molecule has 0 atom stereocenters. The SMILES string of the molecule is O=C(CSc1nc2sc3c(c2c(=O)n1-c1ccc(Cl)cc1)CCC3)Nc1ccc2c(c1)OCCO2. The first-order chi connectivity index (χ1) is 17.1. The molecule has 2 aromatic carbocycles. The number of rotatable bonds is 5. The maximum Gasteiger partial charge on any atom is 0.267 e. The molecule has 35 heavy (non-hydrogen) atoms. The molecule has 4 aromatic rings. The van der Waals surface area contributed by atoms with E-state index in [9.17, 15) is 9.59 Å². The van der Waals surface area contributed by atoms with Crippen LogP contribution in [0.2, 0.25) is 5.02 Å². The quantitative estimate of drug-likeness (QED) is 0.289. The van der Waals surface area contributed by atoms with Crippen LogP contribution in [0.4, 0.5) is 5.69 Å². The number of hydrogen-bond acceptors (Lipinski definition) is 7. The summed E-state index contributed by atoms with van der Waals surface area (Å²) in [5, 5.41) is 4.64. The van der Waals surface area contributed by atoms with Crippen LogP contribution in [-0.2, 0) is 17.6 Å². The van der Waals surface area contributed by atoms with Gasteiger partial charge in [-0.25, -0.2) is 4.98 Å². The molecule has 2 aromatic heterocycles. The molecule has 0 unspecified atom stereocenters. The lowest BCUT2D eigenvalue weighted by Crippen LogP contribution is -2.23. The number of thiophene rings is 1. The van der Waals surface area contributed by atoms with Crippen LogP contribution in [0.3, 0.4) is 0 Å². The fraction of sp³-hybridized carbons (Fsp3) is 0.240. The molecule has 0 saturated heterocycles. The zero-order chi connectivity index (χ0) is 23.9. The zero-order valence-corrected chi connectivity index (χ0v) is 20.9. The first-order valence-corrected chi connectivity index (χ1v) is 13.4. The van der Waals surface area contributed by atoms with Gasteiger partial charge in [-0.05, 0) is 61.2 Å². The maximum absolute atomic E-state index is 13.7. The van der Waals surface area contributed by atoms with Gasteiger partial charge in [-0.15, -0.1) is 11.3 Å². The summed E-state index contributed by atoms with van der Waals surface area (Å²) >= 11 is 8.90. The van der Waals surface area contributed by atoms with Gasteiger partial charge < -0.3 is 14.8 Å². The van der Waals surface area contributed by atoms with E-state index in [1.165, 1.54) is 16.6 Å².